The fraction of sp³-hybridized carbons (Fsp3) is 0.909. The average molecular weight is 411 g/mol. The predicted octanol–water partition coefficient (Wildman–Crippen LogP) is 3.35. The number of hydrogen-bond donors (Lipinski definition) is 1. The smallest absolute Gasteiger partial charge is 0.410 e. The molecule has 1 N–H and O–H groups in total. The molecule has 2 rings (SSSR count). The molecule has 0 spiro atoms. The molecule has 168 valence electrons. The molecule has 0 aromatic rings. The molecule has 2 unspecified atom stereocenters. The number of guanidine groups is 1. The molecule has 29 heavy (non-hydrogen) atoms. The molecule has 2 saturated heterocycles. The van der Waals surface area contributed by atoms with Crippen LogP contribution in [0.4, 0.5) is 4.79 Å². The Labute approximate surface area is 177 Å². The Hall–Kier alpha value is -1.50. The van der Waals surface area contributed by atoms with Crippen molar-refractivity contribution in [1.29, 1.82) is 0 Å². The molecular weight excluding hydrogens is 368 g/mol. The fourth-order valence-electron chi connectivity index (χ4n) is 4.02. The second kappa shape index (κ2) is 11.6. The minimum Gasteiger partial charge on any atom is -0.444 e. The minimum absolute atomic E-state index is 0.184. The highest BCUT2D eigenvalue weighted by Crippen LogP contribution is 2.22. The molecule has 1 amide bonds. The van der Waals surface area contributed by atoms with Crippen LogP contribution >= 0.6 is 0 Å². The van der Waals surface area contributed by atoms with Gasteiger partial charge in [-0.05, 0) is 66.2 Å². The van der Waals surface area contributed by atoms with Crippen LogP contribution in [0.25, 0.3) is 0 Å². The molecule has 7 nitrogen and oxygen atoms in total. The van der Waals surface area contributed by atoms with Gasteiger partial charge in [0.05, 0.1) is 6.61 Å². The zero-order valence-electron chi connectivity index (χ0n) is 19.2. The topological polar surface area (TPSA) is 66.4 Å². The van der Waals surface area contributed by atoms with E-state index in [0.717, 1.165) is 84.1 Å². The van der Waals surface area contributed by atoms with Gasteiger partial charge in [0.15, 0.2) is 5.96 Å². The lowest BCUT2D eigenvalue weighted by atomic mass is 9.95. The summed E-state index contributed by atoms with van der Waals surface area (Å²) in [5, 5.41) is 3.44. The monoisotopic (exact) mass is 410 g/mol. The van der Waals surface area contributed by atoms with Crippen molar-refractivity contribution < 1.29 is 14.3 Å². The summed E-state index contributed by atoms with van der Waals surface area (Å²) in [7, 11) is 0. The van der Waals surface area contributed by atoms with E-state index in [9.17, 15) is 4.79 Å². The van der Waals surface area contributed by atoms with Crippen LogP contribution < -0.4 is 5.32 Å². The number of carbonyl (C=O) groups excluding carboxylic acids is 1. The van der Waals surface area contributed by atoms with Gasteiger partial charge in [-0.15, -0.1) is 0 Å². The average Bonchev–Trinajstić information content (AvgIpc) is 3.13. The second-order valence-electron chi connectivity index (χ2n) is 9.22. The first-order valence-electron chi connectivity index (χ1n) is 11.4. The van der Waals surface area contributed by atoms with Crippen molar-refractivity contribution >= 4 is 12.1 Å². The Balaban J connectivity index is 1.81. The number of nitrogens with one attached hydrogen (secondary N) is 1. The number of likely N-dealkylation sites (tertiary alicyclic amines) is 2. The molecule has 7 heteroatoms. The third kappa shape index (κ3) is 8.41. The molecule has 0 bridgehead atoms. The maximum atomic E-state index is 12.4. The van der Waals surface area contributed by atoms with E-state index in [1.54, 1.807) is 0 Å². The van der Waals surface area contributed by atoms with Crippen LogP contribution in [0, 0.1) is 11.8 Å². The van der Waals surface area contributed by atoms with E-state index in [-0.39, 0.29) is 6.09 Å². The summed E-state index contributed by atoms with van der Waals surface area (Å²) in [6, 6.07) is 0. The summed E-state index contributed by atoms with van der Waals surface area (Å²) in [5.41, 5.74) is -0.440. The summed E-state index contributed by atoms with van der Waals surface area (Å²) in [6.07, 6.45) is 4.18. The lowest BCUT2D eigenvalue weighted by Crippen LogP contribution is -2.43. The zero-order chi connectivity index (χ0) is 21.3. The molecule has 0 aromatic carbocycles. The number of nitrogens with zero attached hydrogens (tertiary/aromatic N) is 3. The highest BCUT2D eigenvalue weighted by atomic mass is 16.6. The van der Waals surface area contributed by atoms with E-state index >= 15 is 0 Å². The zero-order valence-corrected chi connectivity index (χ0v) is 19.2. The lowest BCUT2D eigenvalue weighted by molar-refractivity contribution is 0.0163. The van der Waals surface area contributed by atoms with Crippen LogP contribution in [-0.4, -0.2) is 79.9 Å². The van der Waals surface area contributed by atoms with Crippen molar-refractivity contribution in [3.63, 3.8) is 0 Å². The highest BCUT2D eigenvalue weighted by Gasteiger charge is 2.28. The molecule has 2 aliphatic heterocycles. The van der Waals surface area contributed by atoms with Gasteiger partial charge in [-0.25, -0.2) is 4.79 Å². The van der Waals surface area contributed by atoms with Crippen molar-refractivity contribution in [3.8, 4) is 0 Å². The van der Waals surface area contributed by atoms with Crippen molar-refractivity contribution in [2.45, 2.75) is 65.9 Å². The summed E-state index contributed by atoms with van der Waals surface area (Å²) in [4.78, 5) is 21.5. The normalized spacial score (nSPS) is 23.4. The SMILES string of the molecule is CCNC(=NCCC1CCCN(C(=O)OC(C)(C)C)C1)N1CCC(COCC)C1. The van der Waals surface area contributed by atoms with E-state index < -0.39 is 5.60 Å². The first-order chi connectivity index (χ1) is 13.8. The molecular formula is C22H42N4O3. The summed E-state index contributed by atoms with van der Waals surface area (Å²) < 4.78 is 11.1. The summed E-state index contributed by atoms with van der Waals surface area (Å²) in [5.74, 6) is 2.11. The standard InChI is InChI=1S/C22H42N4O3/c1-6-23-20(25-14-11-19(16-25)17-28-7-2)24-12-10-18-9-8-13-26(15-18)21(27)29-22(3,4)5/h18-19H,6-17H2,1-5H3,(H,23,24). The molecule has 0 aromatic heterocycles. The predicted molar refractivity (Wildman–Crippen MR) is 117 cm³/mol. The second-order valence-corrected chi connectivity index (χ2v) is 9.22. The largest absolute Gasteiger partial charge is 0.444 e. The Morgan fingerprint density at radius 3 is 2.55 bits per heavy atom. The number of carbonyl (C=O) groups is 1. The Morgan fingerprint density at radius 1 is 1.10 bits per heavy atom. The van der Waals surface area contributed by atoms with Gasteiger partial charge in [0, 0.05) is 51.8 Å². The van der Waals surface area contributed by atoms with E-state index in [1.807, 2.05) is 32.6 Å². The van der Waals surface area contributed by atoms with E-state index in [2.05, 4.69) is 17.1 Å². The van der Waals surface area contributed by atoms with Crippen molar-refractivity contribution in [2.24, 2.45) is 16.8 Å². The van der Waals surface area contributed by atoms with E-state index in [0.29, 0.717) is 11.8 Å². The van der Waals surface area contributed by atoms with E-state index in [1.165, 1.54) is 0 Å². The van der Waals surface area contributed by atoms with Gasteiger partial charge in [-0.3, -0.25) is 4.99 Å². The van der Waals surface area contributed by atoms with Crippen LogP contribution in [0.1, 0.15) is 60.3 Å². The Morgan fingerprint density at radius 2 is 1.86 bits per heavy atom. The van der Waals surface area contributed by atoms with Gasteiger partial charge >= 0.3 is 6.09 Å². The third-order valence-electron chi connectivity index (χ3n) is 5.45. The Kier molecular flexibility index (Phi) is 9.53. The fourth-order valence-corrected chi connectivity index (χ4v) is 4.02. The number of hydrogen-bond acceptors (Lipinski definition) is 4. The van der Waals surface area contributed by atoms with Crippen molar-refractivity contribution in [1.82, 2.24) is 15.1 Å². The Bertz CT molecular complexity index is 533. The quantitative estimate of drug-likeness (QED) is 0.515. The van der Waals surface area contributed by atoms with Gasteiger partial charge in [0.2, 0.25) is 0 Å². The van der Waals surface area contributed by atoms with Crippen LogP contribution in [0.5, 0.6) is 0 Å². The molecule has 2 atom stereocenters. The summed E-state index contributed by atoms with van der Waals surface area (Å²) >= 11 is 0. The number of ether oxygens (including phenoxy) is 2. The van der Waals surface area contributed by atoms with Gasteiger partial charge in [0.1, 0.15) is 5.60 Å². The number of aliphatic imine (C=N–C) groups is 1. The number of rotatable bonds is 7. The van der Waals surface area contributed by atoms with Crippen molar-refractivity contribution in [3.05, 3.63) is 0 Å². The maximum Gasteiger partial charge on any atom is 0.410 e. The van der Waals surface area contributed by atoms with Crippen LogP contribution in [0.15, 0.2) is 4.99 Å². The number of piperidine rings is 1. The highest BCUT2D eigenvalue weighted by molar-refractivity contribution is 5.80. The molecule has 0 aliphatic carbocycles. The molecule has 2 fully saturated rings. The number of amides is 1. The molecule has 0 saturated carbocycles. The molecule has 0 radical (unpaired) electrons. The lowest BCUT2D eigenvalue weighted by Gasteiger charge is -2.34. The van der Waals surface area contributed by atoms with Crippen LogP contribution in [-0.2, 0) is 9.47 Å². The van der Waals surface area contributed by atoms with Crippen LogP contribution in [0.2, 0.25) is 0 Å². The van der Waals surface area contributed by atoms with Gasteiger partial charge < -0.3 is 24.6 Å². The van der Waals surface area contributed by atoms with Crippen LogP contribution in [0.3, 0.4) is 0 Å². The van der Waals surface area contributed by atoms with Gasteiger partial charge in [-0.2, -0.15) is 0 Å². The third-order valence-corrected chi connectivity index (χ3v) is 5.45. The van der Waals surface area contributed by atoms with Gasteiger partial charge in [-0.1, -0.05) is 0 Å². The van der Waals surface area contributed by atoms with E-state index in [4.69, 9.17) is 14.5 Å². The maximum absolute atomic E-state index is 12.4. The molecule has 2 heterocycles. The van der Waals surface area contributed by atoms with Crippen molar-refractivity contribution in [2.75, 3.05) is 52.5 Å². The minimum atomic E-state index is -0.440. The first kappa shape index (κ1) is 23.8. The first-order valence-corrected chi connectivity index (χ1v) is 11.4. The summed E-state index contributed by atoms with van der Waals surface area (Å²) in [6.45, 7) is 16.8. The van der Waals surface area contributed by atoms with Gasteiger partial charge in [0.25, 0.3) is 0 Å². The molecule has 2 aliphatic rings.